The summed E-state index contributed by atoms with van der Waals surface area (Å²) in [6.07, 6.45) is 2.69. The van der Waals surface area contributed by atoms with Gasteiger partial charge in [-0.25, -0.2) is 9.78 Å². The maximum Gasteiger partial charge on any atom is 0.330 e. The Hall–Kier alpha value is -2.63. The molecule has 0 aliphatic carbocycles. The van der Waals surface area contributed by atoms with Crippen LogP contribution < -0.4 is 5.32 Å². The van der Waals surface area contributed by atoms with E-state index < -0.39 is 17.9 Å². The number of imidazole rings is 1. The van der Waals surface area contributed by atoms with Crippen LogP contribution in [0.1, 0.15) is 22.1 Å². The van der Waals surface area contributed by atoms with E-state index in [0.29, 0.717) is 5.56 Å². The second kappa shape index (κ2) is 5.13. The van der Waals surface area contributed by atoms with E-state index in [4.69, 9.17) is 5.11 Å². The number of aromatic amines is 1. The van der Waals surface area contributed by atoms with E-state index in [1.165, 1.54) is 12.5 Å². The van der Waals surface area contributed by atoms with E-state index in [0.717, 1.165) is 0 Å². The van der Waals surface area contributed by atoms with Gasteiger partial charge in [0.15, 0.2) is 6.04 Å². The molecule has 2 aromatic rings. The summed E-state index contributed by atoms with van der Waals surface area (Å²) >= 11 is 0. The molecule has 18 heavy (non-hydrogen) atoms. The predicted octanol–water partition coefficient (Wildman–Crippen LogP) is 0.965. The summed E-state index contributed by atoms with van der Waals surface area (Å²) in [4.78, 5) is 29.2. The molecule has 92 valence electrons. The first-order chi connectivity index (χ1) is 8.68. The number of aliphatic carboxylic acids is 1. The van der Waals surface area contributed by atoms with Crippen molar-refractivity contribution in [3.05, 3.63) is 54.1 Å². The fourth-order valence-corrected chi connectivity index (χ4v) is 1.52. The van der Waals surface area contributed by atoms with Crippen molar-refractivity contribution in [3.8, 4) is 0 Å². The average Bonchev–Trinajstić information content (AvgIpc) is 2.90. The summed E-state index contributed by atoms with van der Waals surface area (Å²) in [5.41, 5.74) is 0.732. The molecule has 1 amide bonds. The SMILES string of the molecule is O=C(N[C@@H](C(=O)O)c1ccccc1)c1cnc[nH]1. The molecule has 6 nitrogen and oxygen atoms in total. The number of amides is 1. The molecule has 0 unspecified atom stereocenters. The van der Waals surface area contributed by atoms with Gasteiger partial charge in [0.25, 0.3) is 5.91 Å². The van der Waals surface area contributed by atoms with Crippen molar-refractivity contribution in [1.29, 1.82) is 0 Å². The van der Waals surface area contributed by atoms with Crippen molar-refractivity contribution in [2.45, 2.75) is 6.04 Å². The minimum Gasteiger partial charge on any atom is -0.479 e. The highest BCUT2D eigenvalue weighted by molar-refractivity contribution is 5.95. The van der Waals surface area contributed by atoms with Gasteiger partial charge >= 0.3 is 5.97 Å². The lowest BCUT2D eigenvalue weighted by Crippen LogP contribution is -2.33. The highest BCUT2D eigenvalue weighted by Crippen LogP contribution is 2.13. The highest BCUT2D eigenvalue weighted by Gasteiger charge is 2.22. The standard InChI is InChI=1S/C12H11N3O3/c16-11(9-6-13-7-14-9)15-10(12(17)18)8-4-2-1-3-5-8/h1-7,10H,(H,13,14)(H,15,16)(H,17,18)/t10-/m1/s1. The lowest BCUT2D eigenvalue weighted by atomic mass is 10.1. The third-order valence-corrected chi connectivity index (χ3v) is 2.40. The number of nitrogens with one attached hydrogen (secondary N) is 2. The Balaban J connectivity index is 2.18. The van der Waals surface area contributed by atoms with Crippen molar-refractivity contribution in [1.82, 2.24) is 15.3 Å². The first-order valence-corrected chi connectivity index (χ1v) is 5.25. The van der Waals surface area contributed by atoms with Crippen LogP contribution in [-0.4, -0.2) is 27.0 Å². The smallest absolute Gasteiger partial charge is 0.330 e. The molecule has 1 heterocycles. The van der Waals surface area contributed by atoms with E-state index in [1.54, 1.807) is 30.3 Å². The Bertz CT molecular complexity index is 537. The Morgan fingerprint density at radius 3 is 2.56 bits per heavy atom. The summed E-state index contributed by atoms with van der Waals surface area (Å²) in [6, 6.07) is 7.42. The first kappa shape index (κ1) is 11.8. The van der Waals surface area contributed by atoms with Gasteiger partial charge in [-0.05, 0) is 5.56 Å². The van der Waals surface area contributed by atoms with Crippen LogP contribution in [-0.2, 0) is 4.79 Å². The molecule has 0 radical (unpaired) electrons. The van der Waals surface area contributed by atoms with Gasteiger partial charge in [-0.1, -0.05) is 30.3 Å². The van der Waals surface area contributed by atoms with Gasteiger partial charge in [0, 0.05) is 0 Å². The molecule has 1 aromatic carbocycles. The molecule has 2 rings (SSSR count). The van der Waals surface area contributed by atoms with Crippen LogP contribution in [0.2, 0.25) is 0 Å². The van der Waals surface area contributed by atoms with E-state index in [9.17, 15) is 9.59 Å². The summed E-state index contributed by atoms with van der Waals surface area (Å²) in [6.45, 7) is 0. The summed E-state index contributed by atoms with van der Waals surface area (Å²) < 4.78 is 0. The van der Waals surface area contributed by atoms with Gasteiger partial charge in [0.2, 0.25) is 0 Å². The lowest BCUT2D eigenvalue weighted by Gasteiger charge is -2.13. The number of nitrogens with zero attached hydrogens (tertiary/aromatic N) is 1. The molecular formula is C12H11N3O3. The quantitative estimate of drug-likeness (QED) is 0.747. The third-order valence-electron chi connectivity index (χ3n) is 2.40. The lowest BCUT2D eigenvalue weighted by molar-refractivity contribution is -0.139. The fraction of sp³-hybridized carbons (Fsp3) is 0.0833. The van der Waals surface area contributed by atoms with Crippen LogP contribution in [0.3, 0.4) is 0 Å². The summed E-state index contributed by atoms with van der Waals surface area (Å²) in [7, 11) is 0. The number of aromatic nitrogens is 2. The molecule has 0 bridgehead atoms. The molecule has 6 heteroatoms. The first-order valence-electron chi connectivity index (χ1n) is 5.25. The number of hydrogen-bond donors (Lipinski definition) is 3. The third kappa shape index (κ3) is 2.54. The highest BCUT2D eigenvalue weighted by atomic mass is 16.4. The number of carbonyl (C=O) groups excluding carboxylic acids is 1. The number of benzene rings is 1. The second-order valence-electron chi connectivity index (χ2n) is 3.62. The van der Waals surface area contributed by atoms with Crippen molar-refractivity contribution >= 4 is 11.9 Å². The van der Waals surface area contributed by atoms with Gasteiger partial charge in [0.1, 0.15) is 5.69 Å². The van der Waals surface area contributed by atoms with Gasteiger partial charge in [-0.3, -0.25) is 4.79 Å². The van der Waals surface area contributed by atoms with Crippen LogP contribution in [0.25, 0.3) is 0 Å². The Kier molecular flexibility index (Phi) is 3.38. The van der Waals surface area contributed by atoms with Crippen molar-refractivity contribution in [2.24, 2.45) is 0 Å². The molecule has 0 aliphatic heterocycles. The van der Waals surface area contributed by atoms with Crippen molar-refractivity contribution < 1.29 is 14.7 Å². The van der Waals surface area contributed by atoms with Gasteiger partial charge in [-0.15, -0.1) is 0 Å². The number of carbonyl (C=O) groups is 2. The fourth-order valence-electron chi connectivity index (χ4n) is 1.52. The zero-order valence-corrected chi connectivity index (χ0v) is 9.33. The summed E-state index contributed by atoms with van der Waals surface area (Å²) in [5, 5.41) is 11.6. The van der Waals surface area contributed by atoms with Crippen molar-refractivity contribution in [2.75, 3.05) is 0 Å². The van der Waals surface area contributed by atoms with Crippen LogP contribution in [0.15, 0.2) is 42.9 Å². The molecule has 1 aromatic heterocycles. The minimum atomic E-state index is -1.12. The van der Waals surface area contributed by atoms with Crippen LogP contribution >= 0.6 is 0 Å². The largest absolute Gasteiger partial charge is 0.479 e. The predicted molar refractivity (Wildman–Crippen MR) is 62.9 cm³/mol. The molecule has 0 saturated heterocycles. The van der Waals surface area contributed by atoms with E-state index in [1.807, 2.05) is 0 Å². The molecule has 0 aliphatic rings. The van der Waals surface area contributed by atoms with Crippen molar-refractivity contribution in [3.63, 3.8) is 0 Å². The zero-order valence-electron chi connectivity index (χ0n) is 9.33. The Labute approximate surface area is 103 Å². The number of carboxylic acid groups (broad SMARTS) is 1. The normalized spacial score (nSPS) is 11.8. The maximum absolute atomic E-state index is 11.7. The maximum atomic E-state index is 11.7. The zero-order chi connectivity index (χ0) is 13.0. The van der Waals surface area contributed by atoms with E-state index in [2.05, 4.69) is 15.3 Å². The van der Waals surface area contributed by atoms with Gasteiger partial charge < -0.3 is 15.4 Å². The van der Waals surface area contributed by atoms with E-state index in [-0.39, 0.29) is 5.69 Å². The molecule has 0 spiro atoms. The Morgan fingerprint density at radius 2 is 2.00 bits per heavy atom. The van der Waals surface area contributed by atoms with Crippen LogP contribution in [0.5, 0.6) is 0 Å². The number of H-pyrrole nitrogens is 1. The molecular weight excluding hydrogens is 234 g/mol. The van der Waals surface area contributed by atoms with Gasteiger partial charge in [0.05, 0.1) is 12.5 Å². The number of carboxylic acids is 1. The average molecular weight is 245 g/mol. The summed E-state index contributed by atoms with van der Waals surface area (Å²) in [5.74, 6) is -1.63. The molecule has 3 N–H and O–H groups in total. The minimum absolute atomic E-state index is 0.220. The van der Waals surface area contributed by atoms with E-state index >= 15 is 0 Å². The topological polar surface area (TPSA) is 95.1 Å². The second-order valence-corrected chi connectivity index (χ2v) is 3.62. The monoisotopic (exact) mass is 245 g/mol. The van der Waals surface area contributed by atoms with Crippen LogP contribution in [0, 0.1) is 0 Å². The van der Waals surface area contributed by atoms with Gasteiger partial charge in [-0.2, -0.15) is 0 Å². The molecule has 0 saturated carbocycles. The van der Waals surface area contributed by atoms with Crippen LogP contribution in [0.4, 0.5) is 0 Å². The Morgan fingerprint density at radius 1 is 1.28 bits per heavy atom. The number of rotatable bonds is 4. The molecule has 1 atom stereocenters. The molecule has 0 fully saturated rings. The number of hydrogen-bond acceptors (Lipinski definition) is 3.